The minimum absolute atomic E-state index is 1.06. The van der Waals surface area contributed by atoms with E-state index in [1.165, 1.54) is 11.1 Å². The van der Waals surface area contributed by atoms with Crippen molar-refractivity contribution >= 4 is 0 Å². The highest BCUT2D eigenvalue weighted by Gasteiger charge is 1.97. The van der Waals surface area contributed by atoms with E-state index in [0.29, 0.717) is 0 Å². The largest absolute Gasteiger partial charge is 0.302 e. The normalized spacial score (nSPS) is 10.8. The number of hydrogen-bond acceptors (Lipinski definition) is 1. The van der Waals surface area contributed by atoms with Gasteiger partial charge in [-0.3, -0.25) is 0 Å². The van der Waals surface area contributed by atoms with Crippen LogP contribution in [0.4, 0.5) is 0 Å². The molecular formula is C12H19N. The van der Waals surface area contributed by atoms with Crippen molar-refractivity contribution in [3.8, 4) is 0 Å². The Labute approximate surface area is 81.4 Å². The Bertz CT molecular complexity index is 255. The van der Waals surface area contributed by atoms with E-state index >= 15 is 0 Å². The van der Waals surface area contributed by atoms with E-state index in [1.54, 1.807) is 0 Å². The smallest absolute Gasteiger partial charge is 0.0230 e. The van der Waals surface area contributed by atoms with Crippen molar-refractivity contribution in [2.24, 2.45) is 0 Å². The summed E-state index contributed by atoms with van der Waals surface area (Å²) >= 11 is 0. The van der Waals surface area contributed by atoms with Crippen LogP contribution in [0.3, 0.4) is 0 Å². The quantitative estimate of drug-likeness (QED) is 0.683. The van der Waals surface area contributed by atoms with Gasteiger partial charge in [-0.15, -0.1) is 0 Å². The highest BCUT2D eigenvalue weighted by molar-refractivity contribution is 5.23. The van der Waals surface area contributed by atoms with Gasteiger partial charge in [0.1, 0.15) is 0 Å². The fraction of sp³-hybridized carbons (Fsp3) is 0.500. The van der Waals surface area contributed by atoms with Gasteiger partial charge < -0.3 is 4.90 Å². The number of benzene rings is 1. The molecular weight excluding hydrogens is 158 g/mol. The van der Waals surface area contributed by atoms with Crippen molar-refractivity contribution in [1.29, 1.82) is 0 Å². The molecule has 0 heterocycles. The molecule has 72 valence electrons. The Balaban J connectivity index is 2.66. The molecule has 0 unspecified atom stereocenters. The molecule has 13 heavy (non-hydrogen) atoms. The first-order valence-electron chi connectivity index (χ1n) is 5.02. The lowest BCUT2D eigenvalue weighted by molar-refractivity contribution is 0.345. The first-order valence-corrected chi connectivity index (χ1v) is 5.02. The molecule has 1 nitrogen and oxygen atoms in total. The Kier molecular flexibility index (Phi) is 3.97. The average molecular weight is 177 g/mol. The van der Waals surface area contributed by atoms with Crippen LogP contribution in [-0.2, 0) is 13.0 Å². The SMILES string of the molecule is CCc1cccc(CN(C)CC)c1. The van der Waals surface area contributed by atoms with E-state index in [9.17, 15) is 0 Å². The molecule has 1 rings (SSSR count). The fourth-order valence-electron chi connectivity index (χ4n) is 1.37. The Morgan fingerprint density at radius 1 is 1.15 bits per heavy atom. The molecule has 0 aromatic heterocycles. The molecule has 0 bridgehead atoms. The van der Waals surface area contributed by atoms with Crippen LogP contribution in [0.25, 0.3) is 0 Å². The molecule has 0 aliphatic carbocycles. The van der Waals surface area contributed by atoms with Crippen molar-refractivity contribution in [2.45, 2.75) is 26.8 Å². The number of nitrogens with zero attached hydrogens (tertiary/aromatic N) is 1. The van der Waals surface area contributed by atoms with E-state index in [1.807, 2.05) is 0 Å². The van der Waals surface area contributed by atoms with Crippen LogP contribution >= 0.6 is 0 Å². The zero-order valence-electron chi connectivity index (χ0n) is 8.88. The zero-order chi connectivity index (χ0) is 9.68. The summed E-state index contributed by atoms with van der Waals surface area (Å²) in [6, 6.07) is 8.84. The molecule has 0 atom stereocenters. The number of hydrogen-bond donors (Lipinski definition) is 0. The minimum atomic E-state index is 1.06. The summed E-state index contributed by atoms with van der Waals surface area (Å²) in [6.45, 7) is 6.55. The van der Waals surface area contributed by atoms with Crippen LogP contribution in [0.5, 0.6) is 0 Å². The first-order chi connectivity index (χ1) is 6.26. The molecule has 0 saturated heterocycles. The van der Waals surface area contributed by atoms with Gasteiger partial charge in [-0.1, -0.05) is 38.1 Å². The van der Waals surface area contributed by atoms with Crippen LogP contribution in [0.15, 0.2) is 24.3 Å². The Morgan fingerprint density at radius 2 is 1.85 bits per heavy atom. The van der Waals surface area contributed by atoms with E-state index in [0.717, 1.165) is 19.5 Å². The summed E-state index contributed by atoms with van der Waals surface area (Å²) in [7, 11) is 2.15. The van der Waals surface area contributed by atoms with E-state index < -0.39 is 0 Å². The van der Waals surface area contributed by atoms with Gasteiger partial charge in [0.05, 0.1) is 0 Å². The molecule has 1 aromatic rings. The predicted molar refractivity (Wildman–Crippen MR) is 57.8 cm³/mol. The Hall–Kier alpha value is -0.820. The topological polar surface area (TPSA) is 3.24 Å². The fourth-order valence-corrected chi connectivity index (χ4v) is 1.37. The van der Waals surface area contributed by atoms with E-state index in [4.69, 9.17) is 0 Å². The van der Waals surface area contributed by atoms with E-state index in [2.05, 4.69) is 50.1 Å². The van der Waals surface area contributed by atoms with Crippen LogP contribution in [0, 0.1) is 0 Å². The summed E-state index contributed by atoms with van der Waals surface area (Å²) in [4.78, 5) is 2.31. The van der Waals surface area contributed by atoms with Gasteiger partial charge >= 0.3 is 0 Å². The van der Waals surface area contributed by atoms with E-state index in [-0.39, 0.29) is 0 Å². The van der Waals surface area contributed by atoms with Crippen LogP contribution in [0.1, 0.15) is 25.0 Å². The molecule has 0 aliphatic rings. The Morgan fingerprint density at radius 3 is 2.46 bits per heavy atom. The standard InChI is InChI=1S/C12H19N/c1-4-11-7-6-8-12(9-11)10-13(3)5-2/h6-9H,4-5,10H2,1-3H3. The first kappa shape index (κ1) is 10.3. The highest BCUT2D eigenvalue weighted by Crippen LogP contribution is 2.07. The molecule has 0 fully saturated rings. The summed E-state index contributed by atoms with van der Waals surface area (Å²) in [6.07, 6.45) is 1.13. The van der Waals surface area contributed by atoms with Gasteiger partial charge in [-0.25, -0.2) is 0 Å². The molecule has 0 radical (unpaired) electrons. The van der Waals surface area contributed by atoms with Gasteiger partial charge in [0.2, 0.25) is 0 Å². The third-order valence-corrected chi connectivity index (χ3v) is 2.39. The second-order valence-corrected chi connectivity index (χ2v) is 3.50. The highest BCUT2D eigenvalue weighted by atomic mass is 15.1. The van der Waals surface area contributed by atoms with Gasteiger partial charge in [-0.05, 0) is 31.1 Å². The summed E-state index contributed by atoms with van der Waals surface area (Å²) in [5.41, 5.74) is 2.85. The van der Waals surface area contributed by atoms with Crippen LogP contribution in [-0.4, -0.2) is 18.5 Å². The second kappa shape index (κ2) is 5.03. The maximum atomic E-state index is 2.31. The molecule has 0 saturated carbocycles. The molecule has 1 aromatic carbocycles. The van der Waals surface area contributed by atoms with Gasteiger partial charge in [0.15, 0.2) is 0 Å². The lowest BCUT2D eigenvalue weighted by Gasteiger charge is -2.14. The average Bonchev–Trinajstić information content (AvgIpc) is 2.18. The lowest BCUT2D eigenvalue weighted by Crippen LogP contribution is -2.16. The predicted octanol–water partition coefficient (Wildman–Crippen LogP) is 2.70. The molecule has 0 N–H and O–H groups in total. The van der Waals surface area contributed by atoms with Crippen molar-refractivity contribution in [3.05, 3.63) is 35.4 Å². The number of aryl methyl sites for hydroxylation is 1. The van der Waals surface area contributed by atoms with Crippen molar-refractivity contribution in [1.82, 2.24) is 4.90 Å². The molecule has 1 heteroatoms. The van der Waals surface area contributed by atoms with Gasteiger partial charge in [-0.2, -0.15) is 0 Å². The van der Waals surface area contributed by atoms with Crippen molar-refractivity contribution < 1.29 is 0 Å². The van der Waals surface area contributed by atoms with Crippen molar-refractivity contribution in [2.75, 3.05) is 13.6 Å². The minimum Gasteiger partial charge on any atom is -0.302 e. The molecule has 0 amide bonds. The van der Waals surface area contributed by atoms with Crippen LogP contribution < -0.4 is 0 Å². The maximum absolute atomic E-state index is 2.31. The molecule has 0 aliphatic heterocycles. The summed E-state index contributed by atoms with van der Waals surface area (Å²) in [5.74, 6) is 0. The van der Waals surface area contributed by atoms with Crippen LogP contribution in [0.2, 0.25) is 0 Å². The third kappa shape index (κ3) is 3.19. The number of rotatable bonds is 4. The summed E-state index contributed by atoms with van der Waals surface area (Å²) < 4.78 is 0. The van der Waals surface area contributed by atoms with Crippen molar-refractivity contribution in [3.63, 3.8) is 0 Å². The molecule has 0 spiro atoms. The monoisotopic (exact) mass is 177 g/mol. The third-order valence-electron chi connectivity index (χ3n) is 2.39. The summed E-state index contributed by atoms with van der Waals surface area (Å²) in [5, 5.41) is 0. The van der Waals surface area contributed by atoms with Gasteiger partial charge in [0.25, 0.3) is 0 Å². The van der Waals surface area contributed by atoms with Gasteiger partial charge in [0, 0.05) is 6.54 Å². The second-order valence-electron chi connectivity index (χ2n) is 3.50. The zero-order valence-corrected chi connectivity index (χ0v) is 8.88. The maximum Gasteiger partial charge on any atom is 0.0230 e. The lowest BCUT2D eigenvalue weighted by atomic mass is 10.1.